The number of fused-ring (bicyclic) bond motifs is 3. The fourth-order valence-corrected chi connectivity index (χ4v) is 7.14. The maximum Gasteiger partial charge on any atom is 0.409 e. The first-order chi connectivity index (χ1) is 24.5. The van der Waals surface area contributed by atoms with E-state index in [0.717, 1.165) is 18.5 Å². The number of anilines is 4. The third kappa shape index (κ3) is 7.20. The lowest BCUT2D eigenvalue weighted by Crippen LogP contribution is -2.48. The SMILES string of the molecule is CCN1CC(C)(C)Oc2nc(N3CC4CCC(C3)O4)nc(-c3ccc(NC(=O)Nc4ccc(N5CCN(C(=O)OC)CC5)cc4)c(F)c3)c2C1=O. The zero-order valence-electron chi connectivity index (χ0n) is 29.3. The highest BCUT2D eigenvalue weighted by Crippen LogP contribution is 2.38. The Balaban J connectivity index is 1.09. The van der Waals surface area contributed by atoms with Gasteiger partial charge < -0.3 is 44.4 Å². The van der Waals surface area contributed by atoms with Crippen LogP contribution in [0.5, 0.6) is 5.88 Å². The van der Waals surface area contributed by atoms with Gasteiger partial charge in [0.05, 0.1) is 37.2 Å². The van der Waals surface area contributed by atoms with Gasteiger partial charge in [0.25, 0.3) is 5.91 Å². The van der Waals surface area contributed by atoms with Crippen molar-refractivity contribution in [1.29, 1.82) is 0 Å². The molecule has 3 aromatic rings. The zero-order valence-corrected chi connectivity index (χ0v) is 29.3. The molecule has 2 unspecified atom stereocenters. The fourth-order valence-electron chi connectivity index (χ4n) is 7.14. The van der Waals surface area contributed by atoms with Crippen LogP contribution < -0.4 is 25.2 Å². The van der Waals surface area contributed by atoms with Crippen LogP contribution in [0, 0.1) is 5.82 Å². The van der Waals surface area contributed by atoms with Crippen LogP contribution in [0.25, 0.3) is 11.3 Å². The Morgan fingerprint density at radius 3 is 2.33 bits per heavy atom. The molecule has 270 valence electrons. The van der Waals surface area contributed by atoms with Gasteiger partial charge in [-0.2, -0.15) is 4.98 Å². The number of rotatable bonds is 6. The van der Waals surface area contributed by atoms with Crippen LogP contribution in [-0.4, -0.2) is 115 Å². The molecule has 4 aliphatic rings. The van der Waals surface area contributed by atoms with Gasteiger partial charge in [0.2, 0.25) is 11.8 Å². The lowest BCUT2D eigenvalue weighted by Gasteiger charge is -2.35. The van der Waals surface area contributed by atoms with Gasteiger partial charge in [0, 0.05) is 62.8 Å². The molecular weight excluding hydrogens is 659 g/mol. The highest BCUT2D eigenvalue weighted by atomic mass is 19.1. The fraction of sp³-hybridized carbons (Fsp3) is 0.472. The van der Waals surface area contributed by atoms with E-state index >= 15 is 4.39 Å². The molecule has 15 heteroatoms. The van der Waals surface area contributed by atoms with Crippen LogP contribution in [0.1, 0.15) is 44.0 Å². The zero-order chi connectivity index (χ0) is 35.9. The number of benzene rings is 2. The van der Waals surface area contributed by atoms with Gasteiger partial charge in [-0.1, -0.05) is 6.07 Å². The van der Waals surface area contributed by atoms with Gasteiger partial charge >= 0.3 is 12.1 Å². The molecule has 14 nitrogen and oxygen atoms in total. The van der Waals surface area contributed by atoms with Gasteiger partial charge in [-0.25, -0.2) is 19.0 Å². The molecule has 3 saturated heterocycles. The number of amides is 4. The molecule has 2 bridgehead atoms. The molecule has 5 heterocycles. The minimum atomic E-state index is -0.724. The summed E-state index contributed by atoms with van der Waals surface area (Å²) in [7, 11) is 1.37. The smallest absolute Gasteiger partial charge is 0.409 e. The predicted octanol–water partition coefficient (Wildman–Crippen LogP) is 4.82. The molecule has 2 N–H and O–H groups in total. The normalized spacial score (nSPS) is 21.1. The summed E-state index contributed by atoms with van der Waals surface area (Å²) in [6.07, 6.45) is 1.74. The summed E-state index contributed by atoms with van der Waals surface area (Å²) in [5.41, 5.74) is 1.50. The lowest BCUT2D eigenvalue weighted by molar-refractivity contribution is 0.0297. The summed E-state index contributed by atoms with van der Waals surface area (Å²) < 4.78 is 33.0. The van der Waals surface area contributed by atoms with E-state index < -0.39 is 17.4 Å². The molecule has 51 heavy (non-hydrogen) atoms. The Hall–Kier alpha value is -5.18. The summed E-state index contributed by atoms with van der Waals surface area (Å²) in [6, 6.07) is 11.0. The highest BCUT2D eigenvalue weighted by molar-refractivity contribution is 6.03. The molecule has 7 rings (SSSR count). The number of halogens is 1. The molecule has 2 aromatic carbocycles. The van der Waals surface area contributed by atoms with Crippen LogP contribution in [-0.2, 0) is 9.47 Å². The number of piperazine rings is 1. The van der Waals surface area contributed by atoms with E-state index in [0.29, 0.717) is 69.6 Å². The summed E-state index contributed by atoms with van der Waals surface area (Å²) >= 11 is 0. The summed E-state index contributed by atoms with van der Waals surface area (Å²) in [5, 5.41) is 5.33. The molecule has 2 atom stereocenters. The number of methoxy groups -OCH3 is 1. The van der Waals surface area contributed by atoms with Gasteiger partial charge in [0.15, 0.2) is 0 Å². The monoisotopic (exact) mass is 702 g/mol. The molecule has 4 aliphatic heterocycles. The Labute approximate surface area is 295 Å². The van der Waals surface area contributed by atoms with E-state index in [9.17, 15) is 14.4 Å². The molecule has 0 saturated carbocycles. The number of nitrogens with zero attached hydrogens (tertiary/aromatic N) is 6. The second-order valence-electron chi connectivity index (χ2n) is 13.9. The van der Waals surface area contributed by atoms with Crippen LogP contribution >= 0.6 is 0 Å². The van der Waals surface area contributed by atoms with Crippen molar-refractivity contribution in [3.63, 3.8) is 0 Å². The van der Waals surface area contributed by atoms with Crippen LogP contribution in [0.3, 0.4) is 0 Å². The van der Waals surface area contributed by atoms with E-state index in [1.54, 1.807) is 28.0 Å². The van der Waals surface area contributed by atoms with Crippen LogP contribution in [0.15, 0.2) is 42.5 Å². The van der Waals surface area contributed by atoms with Crippen molar-refractivity contribution in [3.8, 4) is 17.1 Å². The third-order valence-electron chi connectivity index (χ3n) is 9.71. The molecule has 1 aromatic heterocycles. The van der Waals surface area contributed by atoms with Gasteiger partial charge in [-0.3, -0.25) is 4.79 Å². The molecule has 0 radical (unpaired) electrons. The molecule has 3 fully saturated rings. The number of nitrogens with one attached hydrogen (secondary N) is 2. The third-order valence-corrected chi connectivity index (χ3v) is 9.71. The highest BCUT2D eigenvalue weighted by Gasteiger charge is 2.39. The Bertz CT molecular complexity index is 1800. The van der Waals surface area contributed by atoms with Crippen LogP contribution in [0.2, 0.25) is 0 Å². The average Bonchev–Trinajstić information content (AvgIpc) is 3.42. The standard InChI is InChI=1S/C36H43FN8O6/c1-5-42-21-36(2,3)51-31-29(32(42)46)30(40-33(41-31)45-19-25-11-12-26(20-45)50-25)22-6-13-28(27(37)18-22)39-34(47)38-23-7-9-24(10-8-23)43-14-16-44(17-15-43)35(48)49-4/h6-10,13,18,25-26H,5,11-12,14-17,19-21H2,1-4H3,(H2,38,39,47). The van der Waals surface area contributed by atoms with E-state index in [-0.39, 0.29) is 47.0 Å². The topological polar surface area (TPSA) is 142 Å². The van der Waals surface area contributed by atoms with Crippen molar-refractivity contribution in [3.05, 3.63) is 53.8 Å². The predicted molar refractivity (Wildman–Crippen MR) is 189 cm³/mol. The number of aromatic nitrogens is 2. The summed E-state index contributed by atoms with van der Waals surface area (Å²) in [4.78, 5) is 55.8. The second kappa shape index (κ2) is 13.9. The van der Waals surface area contributed by atoms with E-state index in [4.69, 9.17) is 24.2 Å². The average molecular weight is 703 g/mol. The lowest BCUT2D eigenvalue weighted by atomic mass is 10.0. The van der Waals surface area contributed by atoms with E-state index in [1.807, 2.05) is 37.8 Å². The largest absolute Gasteiger partial charge is 0.469 e. The maximum atomic E-state index is 15.8. The molecular formula is C36H43FN8O6. The van der Waals surface area contributed by atoms with Crippen molar-refractivity contribution >= 4 is 41.0 Å². The first kappa shape index (κ1) is 34.3. The minimum absolute atomic E-state index is 0.0413. The number of carbonyl (C=O) groups excluding carboxylic acids is 3. The Morgan fingerprint density at radius 2 is 1.69 bits per heavy atom. The second-order valence-corrected chi connectivity index (χ2v) is 13.9. The maximum absolute atomic E-state index is 15.8. The number of ether oxygens (including phenoxy) is 3. The van der Waals surface area contributed by atoms with Crippen molar-refractivity contribution < 1.29 is 33.0 Å². The minimum Gasteiger partial charge on any atom is -0.469 e. The van der Waals surface area contributed by atoms with Gasteiger partial charge in [-0.15, -0.1) is 0 Å². The number of morpholine rings is 1. The number of urea groups is 1. The van der Waals surface area contributed by atoms with E-state index in [2.05, 4.69) is 15.5 Å². The Morgan fingerprint density at radius 1 is 0.980 bits per heavy atom. The van der Waals surface area contributed by atoms with Gasteiger partial charge in [-0.05, 0) is 70.0 Å². The number of likely N-dealkylation sites (N-methyl/N-ethyl adjacent to an activating group) is 1. The van der Waals surface area contributed by atoms with Crippen molar-refractivity contribution in [2.24, 2.45) is 0 Å². The Kier molecular flexibility index (Phi) is 9.31. The van der Waals surface area contributed by atoms with E-state index in [1.165, 1.54) is 19.2 Å². The quantitative estimate of drug-likeness (QED) is 0.368. The van der Waals surface area contributed by atoms with Crippen LogP contribution in [0.4, 0.5) is 37.0 Å². The summed E-state index contributed by atoms with van der Waals surface area (Å²) in [5.74, 6) is -0.430. The van der Waals surface area contributed by atoms with Crippen molar-refractivity contribution in [1.82, 2.24) is 19.8 Å². The first-order valence-corrected chi connectivity index (χ1v) is 17.4. The van der Waals surface area contributed by atoms with Gasteiger partial charge in [0.1, 0.15) is 17.0 Å². The van der Waals surface area contributed by atoms with Crippen molar-refractivity contribution in [2.45, 2.75) is 51.4 Å². The molecule has 4 amide bonds. The number of carbonyl (C=O) groups is 3. The van der Waals surface area contributed by atoms with Crippen molar-refractivity contribution in [2.75, 3.05) is 79.9 Å². The molecule has 0 aliphatic carbocycles. The first-order valence-electron chi connectivity index (χ1n) is 17.4. The number of hydrogen-bond acceptors (Lipinski definition) is 10. The number of hydrogen-bond donors (Lipinski definition) is 2. The summed E-state index contributed by atoms with van der Waals surface area (Å²) in [6.45, 7) is 10.1. The molecule has 0 spiro atoms.